The maximum absolute atomic E-state index is 11.3. The molecule has 1 aromatic heterocycles. The van der Waals surface area contributed by atoms with Crippen molar-refractivity contribution in [2.24, 2.45) is 0 Å². The van der Waals surface area contributed by atoms with E-state index in [4.69, 9.17) is 4.74 Å². The molecule has 0 spiro atoms. The number of aryl methyl sites for hydroxylation is 1. The van der Waals surface area contributed by atoms with Gasteiger partial charge in [0, 0.05) is 25.4 Å². The fourth-order valence-electron chi connectivity index (χ4n) is 1.92. The molecule has 3 nitrogen and oxygen atoms in total. The predicted molar refractivity (Wildman–Crippen MR) is 73.3 cm³/mol. The van der Waals surface area contributed by atoms with Crippen LogP contribution in [0.15, 0.2) is 36.2 Å². The third-order valence-corrected chi connectivity index (χ3v) is 2.94. The first-order valence-electron chi connectivity index (χ1n) is 6.66. The molecule has 0 bridgehead atoms. The zero-order valence-corrected chi connectivity index (χ0v) is 11.4. The van der Waals surface area contributed by atoms with E-state index in [2.05, 4.69) is 23.0 Å². The summed E-state index contributed by atoms with van der Waals surface area (Å²) in [5.74, 6) is -0.0951. The molecule has 0 aromatic carbocycles. The van der Waals surface area contributed by atoms with Crippen LogP contribution in [-0.4, -0.2) is 17.1 Å². The smallest absolute Gasteiger partial charge is 0.306 e. The van der Waals surface area contributed by atoms with E-state index in [0.29, 0.717) is 13.0 Å². The highest BCUT2D eigenvalue weighted by Crippen LogP contribution is 2.13. The third kappa shape index (κ3) is 5.71. The number of hydrogen-bond donors (Lipinski definition) is 0. The Morgan fingerprint density at radius 2 is 1.94 bits per heavy atom. The lowest BCUT2D eigenvalue weighted by Crippen LogP contribution is -2.04. The summed E-state index contributed by atoms with van der Waals surface area (Å²) in [6.07, 6.45) is 9.75. The van der Waals surface area contributed by atoms with E-state index in [1.165, 1.54) is 5.57 Å². The maximum Gasteiger partial charge on any atom is 0.306 e. The molecule has 0 atom stereocenters. The van der Waals surface area contributed by atoms with E-state index >= 15 is 0 Å². The summed E-state index contributed by atoms with van der Waals surface area (Å²) >= 11 is 0. The van der Waals surface area contributed by atoms with Gasteiger partial charge >= 0.3 is 5.97 Å². The summed E-state index contributed by atoms with van der Waals surface area (Å²) < 4.78 is 7.11. The van der Waals surface area contributed by atoms with E-state index in [0.717, 1.165) is 25.8 Å². The highest BCUT2D eigenvalue weighted by Gasteiger charge is 2.04. The van der Waals surface area contributed by atoms with Crippen molar-refractivity contribution in [1.29, 1.82) is 0 Å². The summed E-state index contributed by atoms with van der Waals surface area (Å²) in [6.45, 7) is 5.38. The van der Waals surface area contributed by atoms with Crippen molar-refractivity contribution < 1.29 is 9.53 Å². The summed E-state index contributed by atoms with van der Waals surface area (Å²) in [5.41, 5.74) is 1.34. The van der Waals surface area contributed by atoms with E-state index in [1.54, 1.807) is 0 Å². The topological polar surface area (TPSA) is 31.2 Å². The van der Waals surface area contributed by atoms with Crippen LogP contribution in [-0.2, 0) is 16.1 Å². The van der Waals surface area contributed by atoms with Gasteiger partial charge in [-0.15, -0.1) is 0 Å². The summed E-state index contributed by atoms with van der Waals surface area (Å²) in [4.78, 5) is 11.3. The number of carbonyl (C=O) groups is 1. The maximum atomic E-state index is 11.3. The van der Waals surface area contributed by atoms with Crippen molar-refractivity contribution >= 4 is 5.97 Å². The Kier molecular flexibility index (Phi) is 6.92. The molecule has 18 heavy (non-hydrogen) atoms. The number of allylic oxidation sites excluding steroid dienone is 2. The average Bonchev–Trinajstić information content (AvgIpc) is 2.87. The molecule has 1 heterocycles. The van der Waals surface area contributed by atoms with Gasteiger partial charge in [0.2, 0.25) is 0 Å². The van der Waals surface area contributed by atoms with Gasteiger partial charge in [0.05, 0.1) is 6.61 Å². The minimum absolute atomic E-state index is 0.0951. The van der Waals surface area contributed by atoms with Crippen LogP contribution in [0.2, 0.25) is 0 Å². The van der Waals surface area contributed by atoms with Gasteiger partial charge in [-0.2, -0.15) is 0 Å². The molecule has 0 aliphatic rings. The quantitative estimate of drug-likeness (QED) is 0.521. The van der Waals surface area contributed by atoms with E-state index in [9.17, 15) is 4.79 Å². The van der Waals surface area contributed by atoms with E-state index in [-0.39, 0.29) is 5.97 Å². The van der Waals surface area contributed by atoms with Crippen molar-refractivity contribution in [3.63, 3.8) is 0 Å². The van der Waals surface area contributed by atoms with Crippen LogP contribution >= 0.6 is 0 Å². The number of ether oxygens (including phenoxy) is 1. The molecule has 0 saturated carbocycles. The molecule has 3 heteroatoms. The Bertz CT molecular complexity index is 366. The first-order chi connectivity index (χ1) is 8.76. The minimum atomic E-state index is -0.0951. The monoisotopic (exact) mass is 249 g/mol. The lowest BCUT2D eigenvalue weighted by Gasteiger charge is -2.07. The molecular formula is C15H23NO2. The SMILES string of the molecule is C/C=C(\CCCn1cccc1)CCC(=O)OCC. The zero-order chi connectivity index (χ0) is 13.2. The van der Waals surface area contributed by atoms with Crippen LogP contribution in [0.4, 0.5) is 0 Å². The van der Waals surface area contributed by atoms with Crippen molar-refractivity contribution in [2.45, 2.75) is 46.1 Å². The fourth-order valence-corrected chi connectivity index (χ4v) is 1.92. The molecule has 0 unspecified atom stereocenters. The highest BCUT2D eigenvalue weighted by molar-refractivity contribution is 5.69. The molecule has 1 rings (SSSR count). The second-order valence-electron chi connectivity index (χ2n) is 4.28. The van der Waals surface area contributed by atoms with Crippen LogP contribution in [0, 0.1) is 0 Å². The van der Waals surface area contributed by atoms with Crippen molar-refractivity contribution in [3.05, 3.63) is 36.2 Å². The molecule has 100 valence electrons. The van der Waals surface area contributed by atoms with Crippen LogP contribution in [0.5, 0.6) is 0 Å². The van der Waals surface area contributed by atoms with Gasteiger partial charge in [-0.05, 0) is 45.2 Å². The van der Waals surface area contributed by atoms with Crippen LogP contribution < -0.4 is 0 Å². The van der Waals surface area contributed by atoms with Gasteiger partial charge in [-0.25, -0.2) is 0 Å². The largest absolute Gasteiger partial charge is 0.466 e. The Balaban J connectivity index is 2.19. The minimum Gasteiger partial charge on any atom is -0.466 e. The second kappa shape index (κ2) is 8.56. The molecule has 1 aromatic rings. The molecule has 0 saturated heterocycles. The summed E-state index contributed by atoms with van der Waals surface area (Å²) in [5, 5.41) is 0. The molecule has 0 amide bonds. The first-order valence-corrected chi connectivity index (χ1v) is 6.66. The fraction of sp³-hybridized carbons (Fsp3) is 0.533. The third-order valence-electron chi connectivity index (χ3n) is 2.94. The van der Waals surface area contributed by atoms with E-state index in [1.807, 2.05) is 26.0 Å². The molecule has 0 aliphatic carbocycles. The van der Waals surface area contributed by atoms with Crippen LogP contribution in [0.1, 0.15) is 39.5 Å². The first kappa shape index (κ1) is 14.6. The number of nitrogens with zero attached hydrogens (tertiary/aromatic N) is 1. The number of hydrogen-bond acceptors (Lipinski definition) is 2. The zero-order valence-electron chi connectivity index (χ0n) is 11.4. The van der Waals surface area contributed by atoms with Gasteiger partial charge in [0.15, 0.2) is 0 Å². The molecular weight excluding hydrogens is 226 g/mol. The van der Waals surface area contributed by atoms with Crippen LogP contribution in [0.3, 0.4) is 0 Å². The van der Waals surface area contributed by atoms with Gasteiger partial charge in [-0.1, -0.05) is 11.6 Å². The van der Waals surface area contributed by atoms with E-state index < -0.39 is 0 Å². The van der Waals surface area contributed by atoms with Crippen molar-refractivity contribution in [2.75, 3.05) is 6.61 Å². The summed E-state index contributed by atoms with van der Waals surface area (Å²) in [7, 11) is 0. The molecule has 0 N–H and O–H groups in total. The van der Waals surface area contributed by atoms with Gasteiger partial charge < -0.3 is 9.30 Å². The molecule has 0 aliphatic heterocycles. The Morgan fingerprint density at radius 1 is 1.22 bits per heavy atom. The second-order valence-corrected chi connectivity index (χ2v) is 4.28. The normalized spacial score (nSPS) is 11.6. The lowest BCUT2D eigenvalue weighted by molar-refractivity contribution is -0.143. The van der Waals surface area contributed by atoms with Crippen molar-refractivity contribution in [3.8, 4) is 0 Å². The standard InChI is InChI=1S/C15H23NO2/c1-3-14(9-10-15(17)18-4-2)8-7-13-16-11-5-6-12-16/h3,5-6,11-12H,4,7-10,13H2,1-2H3/b14-3+. The highest BCUT2D eigenvalue weighted by atomic mass is 16.5. The number of aromatic nitrogens is 1. The number of rotatable bonds is 8. The number of carbonyl (C=O) groups excluding carboxylic acids is 1. The Morgan fingerprint density at radius 3 is 2.56 bits per heavy atom. The molecule has 0 fully saturated rings. The average molecular weight is 249 g/mol. The van der Waals surface area contributed by atoms with Gasteiger partial charge in [0.25, 0.3) is 0 Å². The van der Waals surface area contributed by atoms with Crippen molar-refractivity contribution in [1.82, 2.24) is 4.57 Å². The van der Waals surface area contributed by atoms with Crippen LogP contribution in [0.25, 0.3) is 0 Å². The molecule has 0 radical (unpaired) electrons. The summed E-state index contributed by atoms with van der Waals surface area (Å²) in [6, 6.07) is 4.08. The van der Waals surface area contributed by atoms with Gasteiger partial charge in [-0.3, -0.25) is 4.79 Å². The van der Waals surface area contributed by atoms with Gasteiger partial charge in [0.1, 0.15) is 0 Å². The Hall–Kier alpha value is -1.51. The predicted octanol–water partition coefficient (Wildman–Crippen LogP) is 3.56. The Labute approximate surface area is 109 Å². The lowest BCUT2D eigenvalue weighted by atomic mass is 10.0. The number of esters is 1.